The summed E-state index contributed by atoms with van der Waals surface area (Å²) in [6.45, 7) is 0.710. The van der Waals surface area contributed by atoms with Gasteiger partial charge >= 0.3 is 12.1 Å². The number of hydrogen-bond donors (Lipinski definition) is 3. The number of halogens is 1. The van der Waals surface area contributed by atoms with Crippen molar-refractivity contribution in [3.8, 4) is 0 Å². The van der Waals surface area contributed by atoms with E-state index in [0.717, 1.165) is 5.56 Å². The van der Waals surface area contributed by atoms with E-state index in [4.69, 9.17) is 5.11 Å². The van der Waals surface area contributed by atoms with E-state index >= 15 is 0 Å². The fraction of sp³-hybridized carbons (Fsp3) is 0.385. The third-order valence-corrected chi connectivity index (χ3v) is 2.58. The number of hydrogen-bond acceptors (Lipinski definition) is 4. The number of alkyl carbamates (subject to hydrolysis) is 1. The maximum absolute atomic E-state index is 11.1. The third kappa shape index (κ3) is 6.96. The number of methoxy groups -OCH3 is 1. The van der Waals surface area contributed by atoms with Gasteiger partial charge in [0.05, 0.1) is 7.11 Å². The number of amides is 1. The third-order valence-electron chi connectivity index (χ3n) is 2.58. The fourth-order valence-electron chi connectivity index (χ4n) is 1.54. The van der Waals surface area contributed by atoms with E-state index in [1.54, 1.807) is 0 Å². The number of benzene rings is 1. The SMILES string of the molecule is COC(=O)NCCC(NCc1ccccc1)C(=O)O.Cl. The van der Waals surface area contributed by atoms with E-state index in [0.29, 0.717) is 6.54 Å². The molecule has 0 aliphatic heterocycles. The number of carbonyl (C=O) groups is 2. The zero-order valence-corrected chi connectivity index (χ0v) is 12.0. The van der Waals surface area contributed by atoms with Crippen molar-refractivity contribution in [2.45, 2.75) is 19.0 Å². The number of aliphatic carboxylic acids is 1. The van der Waals surface area contributed by atoms with Crippen molar-refractivity contribution in [1.29, 1.82) is 0 Å². The fourth-order valence-corrected chi connectivity index (χ4v) is 1.54. The monoisotopic (exact) mass is 302 g/mol. The molecule has 0 aromatic heterocycles. The molecule has 0 heterocycles. The lowest BCUT2D eigenvalue weighted by molar-refractivity contribution is -0.139. The highest BCUT2D eigenvalue weighted by atomic mass is 35.5. The standard InChI is InChI=1S/C13H18N2O4.ClH/c1-19-13(18)14-8-7-11(12(16)17)15-9-10-5-3-2-4-6-10;/h2-6,11,15H,7-9H2,1H3,(H,14,18)(H,16,17);1H. The molecule has 0 aliphatic rings. The molecule has 1 aromatic rings. The van der Waals surface area contributed by atoms with Crippen molar-refractivity contribution in [1.82, 2.24) is 10.6 Å². The van der Waals surface area contributed by atoms with Crippen molar-refractivity contribution in [3.63, 3.8) is 0 Å². The van der Waals surface area contributed by atoms with Crippen LogP contribution in [0.5, 0.6) is 0 Å². The van der Waals surface area contributed by atoms with Crippen LogP contribution in [-0.2, 0) is 16.1 Å². The normalized spacial score (nSPS) is 11.1. The molecule has 1 aromatic carbocycles. The molecule has 0 spiro atoms. The predicted molar refractivity (Wildman–Crippen MR) is 77.0 cm³/mol. The van der Waals surface area contributed by atoms with Gasteiger partial charge in [0.1, 0.15) is 6.04 Å². The molecular weight excluding hydrogens is 284 g/mol. The molecular formula is C13H19ClN2O4. The highest BCUT2D eigenvalue weighted by Gasteiger charge is 2.16. The van der Waals surface area contributed by atoms with Gasteiger partial charge in [-0.15, -0.1) is 12.4 Å². The molecule has 1 atom stereocenters. The zero-order chi connectivity index (χ0) is 14.1. The highest BCUT2D eigenvalue weighted by molar-refractivity contribution is 5.85. The first-order valence-corrected chi connectivity index (χ1v) is 5.95. The minimum atomic E-state index is -0.942. The van der Waals surface area contributed by atoms with Crippen molar-refractivity contribution in [2.24, 2.45) is 0 Å². The Morgan fingerprint density at radius 3 is 2.50 bits per heavy atom. The molecule has 0 bridgehead atoms. The van der Waals surface area contributed by atoms with Gasteiger partial charge in [0.2, 0.25) is 0 Å². The van der Waals surface area contributed by atoms with Crippen LogP contribution in [0.15, 0.2) is 30.3 Å². The van der Waals surface area contributed by atoms with Crippen LogP contribution >= 0.6 is 12.4 Å². The van der Waals surface area contributed by atoms with Gasteiger partial charge in [0.15, 0.2) is 0 Å². The number of nitrogens with one attached hydrogen (secondary N) is 2. The first-order chi connectivity index (χ1) is 9.13. The summed E-state index contributed by atoms with van der Waals surface area (Å²) < 4.78 is 4.40. The molecule has 20 heavy (non-hydrogen) atoms. The van der Waals surface area contributed by atoms with Gasteiger partial charge in [-0.2, -0.15) is 0 Å². The molecule has 1 unspecified atom stereocenters. The molecule has 0 fully saturated rings. The van der Waals surface area contributed by atoms with E-state index in [1.807, 2.05) is 30.3 Å². The minimum absolute atomic E-state index is 0. The molecule has 112 valence electrons. The van der Waals surface area contributed by atoms with Crippen LogP contribution in [0.3, 0.4) is 0 Å². The van der Waals surface area contributed by atoms with E-state index in [2.05, 4.69) is 15.4 Å². The van der Waals surface area contributed by atoms with Crippen molar-refractivity contribution >= 4 is 24.5 Å². The number of rotatable bonds is 7. The van der Waals surface area contributed by atoms with Crippen LogP contribution in [0.2, 0.25) is 0 Å². The van der Waals surface area contributed by atoms with E-state index in [9.17, 15) is 9.59 Å². The van der Waals surface area contributed by atoms with Gasteiger partial charge in [0, 0.05) is 13.1 Å². The van der Waals surface area contributed by atoms with E-state index in [-0.39, 0.29) is 25.4 Å². The lowest BCUT2D eigenvalue weighted by Crippen LogP contribution is -2.39. The quantitative estimate of drug-likeness (QED) is 0.708. The number of carboxylic acids is 1. The lowest BCUT2D eigenvalue weighted by atomic mass is 10.1. The summed E-state index contributed by atoms with van der Waals surface area (Å²) in [5.41, 5.74) is 1.01. The Morgan fingerprint density at radius 2 is 1.95 bits per heavy atom. The Bertz CT molecular complexity index is 414. The average molecular weight is 303 g/mol. The average Bonchev–Trinajstić information content (AvgIpc) is 2.43. The van der Waals surface area contributed by atoms with E-state index in [1.165, 1.54) is 7.11 Å². The van der Waals surface area contributed by atoms with Crippen LogP contribution < -0.4 is 10.6 Å². The second-order valence-electron chi connectivity index (χ2n) is 3.96. The Kier molecular flexibility index (Phi) is 9.15. The van der Waals surface area contributed by atoms with Gasteiger partial charge in [-0.3, -0.25) is 4.79 Å². The zero-order valence-electron chi connectivity index (χ0n) is 11.2. The second kappa shape index (κ2) is 10.1. The molecule has 6 nitrogen and oxygen atoms in total. The topological polar surface area (TPSA) is 87.7 Å². The van der Waals surface area contributed by atoms with Crippen LogP contribution in [0.4, 0.5) is 4.79 Å². The van der Waals surface area contributed by atoms with Crippen molar-refractivity contribution in [3.05, 3.63) is 35.9 Å². The molecule has 0 aliphatic carbocycles. The summed E-state index contributed by atoms with van der Waals surface area (Å²) in [4.78, 5) is 21.9. The highest BCUT2D eigenvalue weighted by Crippen LogP contribution is 2.00. The summed E-state index contributed by atoms with van der Waals surface area (Å²) in [6.07, 6.45) is -0.274. The maximum Gasteiger partial charge on any atom is 0.406 e. The molecule has 0 radical (unpaired) electrons. The first-order valence-electron chi connectivity index (χ1n) is 5.95. The largest absolute Gasteiger partial charge is 0.480 e. The Labute approximate surface area is 123 Å². The summed E-state index contributed by atoms with van der Waals surface area (Å²) >= 11 is 0. The summed E-state index contributed by atoms with van der Waals surface area (Å²) in [5.74, 6) is -0.942. The van der Waals surface area contributed by atoms with Gasteiger partial charge in [-0.25, -0.2) is 4.79 Å². The Balaban J connectivity index is 0.00000361. The van der Waals surface area contributed by atoms with Crippen LogP contribution in [-0.4, -0.2) is 36.9 Å². The maximum atomic E-state index is 11.1. The summed E-state index contributed by atoms with van der Waals surface area (Å²) in [5, 5.41) is 14.5. The molecule has 0 saturated heterocycles. The smallest absolute Gasteiger partial charge is 0.406 e. The van der Waals surface area contributed by atoms with Gasteiger partial charge in [-0.1, -0.05) is 30.3 Å². The molecule has 1 rings (SSSR count). The summed E-state index contributed by atoms with van der Waals surface area (Å²) in [6, 6.07) is 8.81. The Hall–Kier alpha value is -1.79. The predicted octanol–water partition coefficient (Wildman–Crippen LogP) is 1.40. The molecule has 3 N–H and O–H groups in total. The lowest BCUT2D eigenvalue weighted by Gasteiger charge is -2.14. The number of carboxylic acid groups (broad SMARTS) is 1. The van der Waals surface area contributed by atoms with Gasteiger partial charge in [0.25, 0.3) is 0 Å². The number of ether oxygens (including phenoxy) is 1. The van der Waals surface area contributed by atoms with Crippen LogP contribution in [0.1, 0.15) is 12.0 Å². The number of carbonyl (C=O) groups excluding carboxylic acids is 1. The van der Waals surface area contributed by atoms with Crippen LogP contribution in [0, 0.1) is 0 Å². The van der Waals surface area contributed by atoms with Crippen molar-refractivity contribution in [2.75, 3.05) is 13.7 Å². The molecule has 1 amide bonds. The molecule has 7 heteroatoms. The van der Waals surface area contributed by atoms with Crippen molar-refractivity contribution < 1.29 is 19.4 Å². The molecule has 0 saturated carbocycles. The van der Waals surface area contributed by atoms with Crippen LogP contribution in [0.25, 0.3) is 0 Å². The summed E-state index contributed by atoms with van der Waals surface area (Å²) in [7, 11) is 1.26. The Morgan fingerprint density at radius 1 is 1.30 bits per heavy atom. The van der Waals surface area contributed by atoms with Gasteiger partial charge in [-0.05, 0) is 12.0 Å². The van der Waals surface area contributed by atoms with E-state index < -0.39 is 18.1 Å². The first kappa shape index (κ1) is 18.2. The second-order valence-corrected chi connectivity index (χ2v) is 3.96. The minimum Gasteiger partial charge on any atom is -0.480 e. The van der Waals surface area contributed by atoms with Gasteiger partial charge < -0.3 is 20.5 Å².